The number of hydrogen-bond donors (Lipinski definition) is 0. The van der Waals surface area contributed by atoms with Gasteiger partial charge in [0.15, 0.2) is 0 Å². The summed E-state index contributed by atoms with van der Waals surface area (Å²) in [6, 6.07) is 3.80. The van der Waals surface area contributed by atoms with Crippen molar-refractivity contribution in [3.05, 3.63) is 28.8 Å². The molecule has 0 aliphatic carbocycles. The Balaban J connectivity index is 1.58. The molecule has 2 amide bonds. The van der Waals surface area contributed by atoms with Crippen molar-refractivity contribution < 1.29 is 19.1 Å². The largest absolute Gasteiger partial charge is 0.496 e. The second kappa shape index (κ2) is 9.39. The number of methoxy groups -OCH3 is 1. The van der Waals surface area contributed by atoms with Gasteiger partial charge in [0.1, 0.15) is 5.75 Å². The fourth-order valence-electron chi connectivity index (χ4n) is 4.01. The average Bonchev–Trinajstić information content (AvgIpc) is 2.93. The molecule has 2 fully saturated rings. The normalized spacial score (nSPS) is 18.7. The van der Waals surface area contributed by atoms with Crippen molar-refractivity contribution in [2.75, 3.05) is 66.1 Å². The maximum absolute atomic E-state index is 13.0. The van der Waals surface area contributed by atoms with Gasteiger partial charge in [-0.1, -0.05) is 0 Å². The fraction of sp³-hybridized carbons (Fsp3) is 0.619. The predicted octanol–water partition coefficient (Wildman–Crippen LogP) is 1.32. The van der Waals surface area contributed by atoms with Gasteiger partial charge in [0, 0.05) is 44.8 Å². The first-order valence-corrected chi connectivity index (χ1v) is 10.0. The van der Waals surface area contributed by atoms with E-state index in [1.807, 2.05) is 35.8 Å². The molecule has 2 saturated heterocycles. The molecular weight excluding hydrogens is 358 g/mol. The van der Waals surface area contributed by atoms with E-state index in [2.05, 4.69) is 4.90 Å². The van der Waals surface area contributed by atoms with Crippen LogP contribution in [0.5, 0.6) is 5.75 Å². The minimum absolute atomic E-state index is 0.0511. The molecule has 7 heteroatoms. The van der Waals surface area contributed by atoms with E-state index in [9.17, 15) is 9.59 Å². The molecule has 1 aromatic carbocycles. The SMILES string of the molecule is COc1c(C)cc(C(=O)N2CCCN(CC(=O)N3CCOCC3)CC2)cc1C. The summed E-state index contributed by atoms with van der Waals surface area (Å²) in [5.41, 5.74) is 2.64. The van der Waals surface area contributed by atoms with Crippen LogP contribution in [0.2, 0.25) is 0 Å². The number of nitrogens with zero attached hydrogens (tertiary/aromatic N) is 3. The zero-order valence-electron chi connectivity index (χ0n) is 17.2. The Bertz CT molecular complexity index is 693. The molecule has 0 saturated carbocycles. The van der Waals surface area contributed by atoms with Gasteiger partial charge in [-0.25, -0.2) is 0 Å². The Morgan fingerprint density at radius 2 is 1.64 bits per heavy atom. The van der Waals surface area contributed by atoms with E-state index >= 15 is 0 Å². The number of ether oxygens (including phenoxy) is 2. The van der Waals surface area contributed by atoms with E-state index in [0.717, 1.165) is 36.4 Å². The quantitative estimate of drug-likeness (QED) is 0.777. The first-order chi connectivity index (χ1) is 13.5. The summed E-state index contributed by atoms with van der Waals surface area (Å²) in [5, 5.41) is 0. The highest BCUT2D eigenvalue weighted by molar-refractivity contribution is 5.95. The van der Waals surface area contributed by atoms with Crippen LogP contribution in [0.1, 0.15) is 27.9 Å². The summed E-state index contributed by atoms with van der Waals surface area (Å²) in [4.78, 5) is 31.4. The highest BCUT2D eigenvalue weighted by Crippen LogP contribution is 2.25. The van der Waals surface area contributed by atoms with Gasteiger partial charge < -0.3 is 19.3 Å². The lowest BCUT2D eigenvalue weighted by Gasteiger charge is -2.29. The number of hydrogen-bond acceptors (Lipinski definition) is 5. The molecule has 1 aromatic rings. The molecule has 0 radical (unpaired) electrons. The Kier molecular flexibility index (Phi) is 6.91. The van der Waals surface area contributed by atoms with Crippen molar-refractivity contribution in [2.45, 2.75) is 20.3 Å². The zero-order chi connectivity index (χ0) is 20.1. The van der Waals surface area contributed by atoms with Crippen LogP contribution in [-0.4, -0.2) is 92.7 Å². The number of amides is 2. The zero-order valence-corrected chi connectivity index (χ0v) is 17.2. The van der Waals surface area contributed by atoms with Crippen molar-refractivity contribution in [1.29, 1.82) is 0 Å². The van der Waals surface area contributed by atoms with Gasteiger partial charge in [-0.15, -0.1) is 0 Å². The highest BCUT2D eigenvalue weighted by Gasteiger charge is 2.24. The molecule has 2 aliphatic rings. The van der Waals surface area contributed by atoms with E-state index in [4.69, 9.17) is 9.47 Å². The number of carbonyl (C=O) groups excluding carboxylic acids is 2. The average molecular weight is 389 g/mol. The Morgan fingerprint density at radius 3 is 2.29 bits per heavy atom. The first kappa shape index (κ1) is 20.6. The van der Waals surface area contributed by atoms with Crippen molar-refractivity contribution in [1.82, 2.24) is 14.7 Å². The van der Waals surface area contributed by atoms with Crippen LogP contribution in [-0.2, 0) is 9.53 Å². The molecule has 0 bridgehead atoms. The molecule has 2 aliphatic heterocycles. The lowest BCUT2D eigenvalue weighted by Crippen LogP contribution is -2.46. The summed E-state index contributed by atoms with van der Waals surface area (Å²) < 4.78 is 10.7. The van der Waals surface area contributed by atoms with Crippen molar-refractivity contribution in [3.63, 3.8) is 0 Å². The number of carbonyl (C=O) groups is 2. The van der Waals surface area contributed by atoms with Gasteiger partial charge in [0.2, 0.25) is 5.91 Å². The van der Waals surface area contributed by atoms with E-state index in [-0.39, 0.29) is 11.8 Å². The molecule has 2 heterocycles. The van der Waals surface area contributed by atoms with Crippen molar-refractivity contribution in [2.24, 2.45) is 0 Å². The number of aryl methyl sites for hydroxylation is 2. The predicted molar refractivity (Wildman–Crippen MR) is 107 cm³/mol. The maximum atomic E-state index is 13.0. The van der Waals surface area contributed by atoms with Gasteiger partial charge in [-0.2, -0.15) is 0 Å². The van der Waals surface area contributed by atoms with Gasteiger partial charge >= 0.3 is 0 Å². The standard InChI is InChI=1S/C21H31N3O4/c1-16-13-18(14-17(2)20(16)27-3)21(26)24-6-4-5-22(7-8-24)15-19(25)23-9-11-28-12-10-23/h13-14H,4-12,15H2,1-3H3. The second-order valence-corrected chi connectivity index (χ2v) is 7.56. The number of rotatable bonds is 4. The molecule has 0 unspecified atom stereocenters. The highest BCUT2D eigenvalue weighted by atomic mass is 16.5. The van der Waals surface area contributed by atoms with E-state index < -0.39 is 0 Å². The van der Waals surface area contributed by atoms with Crippen molar-refractivity contribution >= 4 is 11.8 Å². The van der Waals surface area contributed by atoms with Crippen LogP contribution in [0.25, 0.3) is 0 Å². The topological polar surface area (TPSA) is 62.3 Å². The maximum Gasteiger partial charge on any atom is 0.253 e. The molecule has 0 atom stereocenters. The van der Waals surface area contributed by atoms with E-state index in [0.29, 0.717) is 51.5 Å². The van der Waals surface area contributed by atoms with Gasteiger partial charge in [-0.05, 0) is 43.5 Å². The Morgan fingerprint density at radius 1 is 0.964 bits per heavy atom. The van der Waals surface area contributed by atoms with Gasteiger partial charge in [0.05, 0.1) is 26.9 Å². The van der Waals surface area contributed by atoms with Crippen LogP contribution < -0.4 is 4.74 Å². The fourth-order valence-corrected chi connectivity index (χ4v) is 4.01. The molecular formula is C21H31N3O4. The van der Waals surface area contributed by atoms with Crippen molar-refractivity contribution in [3.8, 4) is 5.75 Å². The lowest BCUT2D eigenvalue weighted by atomic mass is 10.0. The third-order valence-corrected chi connectivity index (χ3v) is 5.51. The third kappa shape index (κ3) is 4.83. The number of benzene rings is 1. The van der Waals surface area contributed by atoms with Gasteiger partial charge in [0.25, 0.3) is 5.91 Å². The summed E-state index contributed by atoms with van der Waals surface area (Å²) in [6.45, 7) is 9.84. The van der Waals surface area contributed by atoms with Crippen LogP contribution in [0.4, 0.5) is 0 Å². The van der Waals surface area contributed by atoms with E-state index in [1.165, 1.54) is 0 Å². The van der Waals surface area contributed by atoms with E-state index in [1.54, 1.807) is 7.11 Å². The van der Waals surface area contributed by atoms with Crippen LogP contribution >= 0.6 is 0 Å². The van der Waals surface area contributed by atoms with Crippen LogP contribution in [0, 0.1) is 13.8 Å². The molecule has 154 valence electrons. The molecule has 0 N–H and O–H groups in total. The van der Waals surface area contributed by atoms with Crippen LogP contribution in [0.15, 0.2) is 12.1 Å². The minimum atomic E-state index is 0.0511. The summed E-state index contributed by atoms with van der Waals surface area (Å²) in [6.07, 6.45) is 0.871. The Labute approximate surface area is 167 Å². The number of morpholine rings is 1. The summed E-state index contributed by atoms with van der Waals surface area (Å²) in [5.74, 6) is 1.04. The first-order valence-electron chi connectivity index (χ1n) is 10.0. The summed E-state index contributed by atoms with van der Waals surface area (Å²) >= 11 is 0. The molecule has 28 heavy (non-hydrogen) atoms. The van der Waals surface area contributed by atoms with Gasteiger partial charge in [-0.3, -0.25) is 14.5 Å². The molecule has 0 spiro atoms. The summed E-state index contributed by atoms with van der Waals surface area (Å²) in [7, 11) is 1.65. The molecule has 0 aromatic heterocycles. The van der Waals surface area contributed by atoms with Crippen LogP contribution in [0.3, 0.4) is 0 Å². The smallest absolute Gasteiger partial charge is 0.253 e. The second-order valence-electron chi connectivity index (χ2n) is 7.56. The molecule has 3 rings (SSSR count). The minimum Gasteiger partial charge on any atom is -0.496 e. The lowest BCUT2D eigenvalue weighted by molar-refractivity contribution is -0.136. The monoisotopic (exact) mass is 389 g/mol. The molecule has 7 nitrogen and oxygen atoms in total. The Hall–Kier alpha value is -2.12. The third-order valence-electron chi connectivity index (χ3n) is 5.51.